The molecule has 38 heavy (non-hydrogen) atoms. The Hall–Kier alpha value is -3.78. The first-order valence-corrected chi connectivity index (χ1v) is 13.5. The van der Waals surface area contributed by atoms with Crippen molar-refractivity contribution < 1.29 is 19.0 Å². The van der Waals surface area contributed by atoms with Gasteiger partial charge >= 0.3 is 0 Å². The molecular formula is C30H35N3O4S. The summed E-state index contributed by atoms with van der Waals surface area (Å²) < 4.78 is 18.3. The molecule has 0 saturated heterocycles. The van der Waals surface area contributed by atoms with Crippen LogP contribution in [-0.2, 0) is 13.0 Å². The molecule has 1 N–H and O–H groups in total. The number of nitrogens with one attached hydrogen (secondary N) is 1. The molecule has 0 aliphatic heterocycles. The zero-order chi connectivity index (χ0) is 27.2. The maximum Gasteiger partial charge on any atom is 0.253 e. The number of aromatic nitrogens is 2. The molecule has 2 aromatic heterocycles. The zero-order valence-corrected chi connectivity index (χ0v) is 23.6. The molecule has 4 aromatic rings. The molecule has 0 radical (unpaired) electrons. The minimum Gasteiger partial charge on any atom is -0.497 e. The predicted molar refractivity (Wildman–Crippen MR) is 153 cm³/mol. The number of nitrogens with zero attached hydrogens (tertiary/aromatic N) is 2. The van der Waals surface area contributed by atoms with Gasteiger partial charge in [0.05, 0.1) is 38.3 Å². The summed E-state index contributed by atoms with van der Waals surface area (Å²) in [5.74, 6) is 2.52. The minimum absolute atomic E-state index is 0.0621. The van der Waals surface area contributed by atoms with E-state index in [9.17, 15) is 4.79 Å². The van der Waals surface area contributed by atoms with Crippen LogP contribution in [0.5, 0.6) is 17.2 Å². The Balaban J connectivity index is 1.67. The highest BCUT2D eigenvalue weighted by atomic mass is 32.1. The van der Waals surface area contributed by atoms with Gasteiger partial charge in [-0.1, -0.05) is 19.9 Å². The summed E-state index contributed by atoms with van der Waals surface area (Å²) in [5.41, 5.74) is 5.50. The fourth-order valence-corrected chi connectivity index (χ4v) is 5.12. The number of hydrogen-bond donors (Lipinski definition) is 1. The van der Waals surface area contributed by atoms with Gasteiger partial charge in [0.25, 0.3) is 5.91 Å². The van der Waals surface area contributed by atoms with Crippen LogP contribution in [0.1, 0.15) is 35.5 Å². The van der Waals surface area contributed by atoms with Crippen LogP contribution in [-0.4, -0.2) is 43.3 Å². The van der Waals surface area contributed by atoms with E-state index in [4.69, 9.17) is 19.2 Å². The number of ether oxygens (including phenoxy) is 3. The molecule has 0 aliphatic rings. The van der Waals surface area contributed by atoms with Crippen molar-refractivity contribution in [3.8, 4) is 39.2 Å². The van der Waals surface area contributed by atoms with Gasteiger partial charge in [-0.15, -0.1) is 11.3 Å². The number of carbonyl (C=O) groups excluding carboxylic acids is 1. The quantitative estimate of drug-likeness (QED) is 0.247. The van der Waals surface area contributed by atoms with E-state index >= 15 is 0 Å². The number of rotatable bonds is 11. The number of hydrogen-bond acceptors (Lipinski definition) is 6. The van der Waals surface area contributed by atoms with Gasteiger partial charge in [-0.05, 0) is 67.3 Å². The summed E-state index contributed by atoms with van der Waals surface area (Å²) in [6, 6.07) is 15.8. The third kappa shape index (κ3) is 6.02. The van der Waals surface area contributed by atoms with Crippen molar-refractivity contribution in [3.63, 3.8) is 0 Å². The second-order valence-corrected chi connectivity index (χ2v) is 10.3. The smallest absolute Gasteiger partial charge is 0.253 e. The lowest BCUT2D eigenvalue weighted by molar-refractivity contribution is 0.0948. The van der Waals surface area contributed by atoms with Crippen LogP contribution in [0.25, 0.3) is 22.0 Å². The minimum atomic E-state index is -0.0621. The first kappa shape index (κ1) is 27.3. The van der Waals surface area contributed by atoms with Crippen LogP contribution in [0.3, 0.4) is 0 Å². The standard InChI is InChI=1S/C30H35N3O4S/c1-19(2)17-31-29(34)24-16-26(25-18-38-30(32-25)22-8-10-23(35-4)11-9-22)33(20(24)3)14-13-21-7-12-27(36-5)28(15-21)37-6/h7-12,15-16,18-19H,13-14,17H2,1-6H3,(H,31,34). The number of carbonyl (C=O) groups is 1. The average molecular weight is 534 g/mol. The number of amides is 1. The third-order valence-corrected chi connectivity index (χ3v) is 7.35. The van der Waals surface area contributed by atoms with Crippen LogP contribution in [0.2, 0.25) is 0 Å². The van der Waals surface area contributed by atoms with E-state index in [1.807, 2.05) is 55.5 Å². The van der Waals surface area contributed by atoms with Crippen molar-refractivity contribution in [1.29, 1.82) is 0 Å². The second kappa shape index (κ2) is 12.2. The molecule has 2 heterocycles. The zero-order valence-electron chi connectivity index (χ0n) is 22.8. The van der Waals surface area contributed by atoms with Crippen LogP contribution in [0.15, 0.2) is 53.9 Å². The second-order valence-electron chi connectivity index (χ2n) is 9.49. The van der Waals surface area contributed by atoms with Crippen LogP contribution < -0.4 is 19.5 Å². The third-order valence-electron chi connectivity index (χ3n) is 6.46. The SMILES string of the molecule is COc1ccc(-c2nc(-c3cc(C(=O)NCC(C)C)c(C)n3CCc3ccc(OC)c(OC)c3)cs2)cc1. The van der Waals surface area contributed by atoms with E-state index < -0.39 is 0 Å². The fraction of sp³-hybridized carbons (Fsp3) is 0.333. The predicted octanol–water partition coefficient (Wildman–Crippen LogP) is 6.24. The van der Waals surface area contributed by atoms with E-state index in [2.05, 4.69) is 29.1 Å². The van der Waals surface area contributed by atoms with E-state index in [-0.39, 0.29) is 5.91 Å². The molecule has 8 heteroatoms. The Morgan fingerprint density at radius 2 is 1.74 bits per heavy atom. The summed E-state index contributed by atoms with van der Waals surface area (Å²) in [7, 11) is 4.93. The molecule has 0 bridgehead atoms. The fourth-order valence-electron chi connectivity index (χ4n) is 4.30. The molecule has 0 atom stereocenters. The number of aryl methyl sites for hydroxylation is 1. The molecule has 200 valence electrons. The largest absolute Gasteiger partial charge is 0.497 e. The Labute approximate surface area is 228 Å². The van der Waals surface area contributed by atoms with Gasteiger partial charge in [0.1, 0.15) is 10.8 Å². The van der Waals surface area contributed by atoms with Gasteiger partial charge in [0.15, 0.2) is 11.5 Å². The highest BCUT2D eigenvalue weighted by Gasteiger charge is 2.21. The first-order valence-electron chi connectivity index (χ1n) is 12.6. The van der Waals surface area contributed by atoms with Crippen molar-refractivity contribution in [2.45, 2.75) is 33.7 Å². The molecule has 0 spiro atoms. The van der Waals surface area contributed by atoms with Crippen molar-refractivity contribution in [1.82, 2.24) is 14.9 Å². The first-order chi connectivity index (χ1) is 18.3. The molecule has 1 amide bonds. The van der Waals surface area contributed by atoms with Gasteiger partial charge < -0.3 is 24.1 Å². The lowest BCUT2D eigenvalue weighted by atomic mass is 10.1. The van der Waals surface area contributed by atoms with Crippen molar-refractivity contribution >= 4 is 17.2 Å². The van der Waals surface area contributed by atoms with Crippen LogP contribution in [0, 0.1) is 12.8 Å². The number of benzene rings is 2. The maximum atomic E-state index is 13.1. The highest BCUT2D eigenvalue weighted by molar-refractivity contribution is 7.13. The summed E-state index contributed by atoms with van der Waals surface area (Å²) in [6.45, 7) is 7.48. The summed E-state index contributed by atoms with van der Waals surface area (Å²) >= 11 is 1.58. The van der Waals surface area contributed by atoms with Gasteiger partial charge in [-0.25, -0.2) is 4.98 Å². The normalized spacial score (nSPS) is 11.0. The van der Waals surface area contributed by atoms with Gasteiger partial charge in [-0.2, -0.15) is 0 Å². The summed E-state index contributed by atoms with van der Waals surface area (Å²) in [4.78, 5) is 18.0. The molecule has 0 unspecified atom stereocenters. The average Bonchev–Trinajstić information content (AvgIpc) is 3.55. The number of thiazole rings is 1. The highest BCUT2D eigenvalue weighted by Crippen LogP contribution is 2.33. The lowest BCUT2D eigenvalue weighted by Crippen LogP contribution is -2.27. The molecule has 4 rings (SSSR count). The Morgan fingerprint density at radius 3 is 2.39 bits per heavy atom. The Morgan fingerprint density at radius 1 is 1.00 bits per heavy atom. The van der Waals surface area contributed by atoms with Crippen molar-refractivity contribution in [3.05, 3.63) is 70.7 Å². The molecule has 2 aromatic carbocycles. The van der Waals surface area contributed by atoms with E-state index in [1.165, 1.54) is 0 Å². The molecule has 0 saturated carbocycles. The van der Waals surface area contributed by atoms with Crippen molar-refractivity contribution in [2.75, 3.05) is 27.9 Å². The monoisotopic (exact) mass is 533 g/mol. The molecule has 0 aliphatic carbocycles. The van der Waals surface area contributed by atoms with Crippen molar-refractivity contribution in [2.24, 2.45) is 5.92 Å². The van der Waals surface area contributed by atoms with E-state index in [1.54, 1.807) is 32.7 Å². The number of methoxy groups -OCH3 is 3. The topological polar surface area (TPSA) is 74.6 Å². The maximum absolute atomic E-state index is 13.1. The van der Waals surface area contributed by atoms with Crippen LogP contribution in [0.4, 0.5) is 0 Å². The Kier molecular flexibility index (Phi) is 8.73. The summed E-state index contributed by atoms with van der Waals surface area (Å²) in [5, 5.41) is 6.03. The molecular weight excluding hydrogens is 498 g/mol. The van der Waals surface area contributed by atoms with Gasteiger partial charge in [0, 0.05) is 29.7 Å². The van der Waals surface area contributed by atoms with E-state index in [0.717, 1.165) is 45.4 Å². The summed E-state index contributed by atoms with van der Waals surface area (Å²) in [6.07, 6.45) is 0.755. The lowest BCUT2D eigenvalue weighted by Gasteiger charge is -2.13. The Bertz CT molecular complexity index is 1390. The van der Waals surface area contributed by atoms with E-state index in [0.29, 0.717) is 36.1 Å². The molecule has 7 nitrogen and oxygen atoms in total. The molecule has 0 fully saturated rings. The van der Waals surface area contributed by atoms with Crippen LogP contribution >= 0.6 is 11.3 Å². The van der Waals surface area contributed by atoms with Gasteiger partial charge in [0.2, 0.25) is 0 Å². The van der Waals surface area contributed by atoms with Gasteiger partial charge in [-0.3, -0.25) is 4.79 Å².